The molecule has 0 aromatic carbocycles. The average Bonchev–Trinajstić information content (AvgIpc) is 2.76. The van der Waals surface area contributed by atoms with Crippen molar-refractivity contribution in [3.05, 3.63) is 35.4 Å². The number of nitrogens with one attached hydrogen (secondary N) is 2. The Balaban J connectivity index is 1.71. The molecule has 19 heavy (non-hydrogen) atoms. The van der Waals surface area contributed by atoms with Gasteiger partial charge in [-0.2, -0.15) is 0 Å². The highest BCUT2D eigenvalue weighted by molar-refractivity contribution is 6.29. The fourth-order valence-corrected chi connectivity index (χ4v) is 1.87. The second-order valence-corrected chi connectivity index (χ2v) is 4.60. The van der Waals surface area contributed by atoms with E-state index in [1.807, 2.05) is 0 Å². The van der Waals surface area contributed by atoms with E-state index in [9.17, 15) is 4.79 Å². The molecule has 2 aromatic rings. The van der Waals surface area contributed by atoms with Crippen LogP contribution in [-0.2, 0) is 0 Å². The van der Waals surface area contributed by atoms with E-state index in [2.05, 4.69) is 25.9 Å². The van der Waals surface area contributed by atoms with E-state index < -0.39 is 0 Å². The Morgan fingerprint density at radius 2 is 2.37 bits per heavy atom. The van der Waals surface area contributed by atoms with E-state index in [4.69, 9.17) is 11.6 Å². The Morgan fingerprint density at radius 3 is 3.05 bits per heavy atom. The van der Waals surface area contributed by atoms with Crippen molar-refractivity contribution in [1.82, 2.24) is 25.3 Å². The summed E-state index contributed by atoms with van der Waals surface area (Å²) in [4.78, 5) is 15.8. The lowest BCUT2D eigenvalue weighted by atomic mass is 10.2. The van der Waals surface area contributed by atoms with Crippen molar-refractivity contribution in [1.29, 1.82) is 0 Å². The number of nitrogens with zero attached hydrogens (tertiary/aromatic N) is 4. The Kier molecular flexibility index (Phi) is 3.14. The number of rotatable bonds is 3. The second-order valence-electron chi connectivity index (χ2n) is 4.22. The van der Waals surface area contributed by atoms with Crippen molar-refractivity contribution in [2.45, 2.75) is 6.04 Å². The van der Waals surface area contributed by atoms with Gasteiger partial charge in [0.1, 0.15) is 5.15 Å². The SMILES string of the molecule is O=C(Nc1ccnc(Cl)c1)c1cn(C2CNC2)nn1. The van der Waals surface area contributed by atoms with Crippen LogP contribution in [0, 0.1) is 0 Å². The van der Waals surface area contributed by atoms with E-state index in [1.165, 1.54) is 6.20 Å². The molecule has 0 radical (unpaired) electrons. The van der Waals surface area contributed by atoms with Gasteiger partial charge >= 0.3 is 0 Å². The zero-order valence-corrected chi connectivity index (χ0v) is 10.6. The van der Waals surface area contributed by atoms with Gasteiger partial charge in [-0.3, -0.25) is 4.79 Å². The summed E-state index contributed by atoms with van der Waals surface area (Å²) in [6.07, 6.45) is 3.17. The summed E-state index contributed by atoms with van der Waals surface area (Å²) in [6.45, 7) is 1.70. The molecule has 1 aliphatic rings. The highest BCUT2D eigenvalue weighted by Gasteiger charge is 2.21. The van der Waals surface area contributed by atoms with Crippen LogP contribution in [0.3, 0.4) is 0 Å². The first-order valence-electron chi connectivity index (χ1n) is 5.78. The van der Waals surface area contributed by atoms with Crippen molar-refractivity contribution in [2.75, 3.05) is 18.4 Å². The molecule has 1 aliphatic heterocycles. The third kappa shape index (κ3) is 2.56. The first-order chi connectivity index (χ1) is 9.22. The van der Waals surface area contributed by atoms with Gasteiger partial charge in [-0.1, -0.05) is 16.8 Å². The summed E-state index contributed by atoms with van der Waals surface area (Å²) >= 11 is 5.74. The normalized spacial score (nSPS) is 15.0. The van der Waals surface area contributed by atoms with Crippen molar-refractivity contribution in [2.24, 2.45) is 0 Å². The predicted octanol–water partition coefficient (Wildman–Crippen LogP) is 0.723. The molecular formula is C11H11ClN6O. The number of hydrogen-bond acceptors (Lipinski definition) is 5. The Bertz CT molecular complexity index is 609. The predicted molar refractivity (Wildman–Crippen MR) is 69.1 cm³/mol. The molecule has 0 spiro atoms. The number of carbonyl (C=O) groups is 1. The highest BCUT2D eigenvalue weighted by Crippen LogP contribution is 2.14. The molecule has 7 nitrogen and oxygen atoms in total. The maximum Gasteiger partial charge on any atom is 0.277 e. The average molecular weight is 279 g/mol. The number of amides is 1. The summed E-state index contributed by atoms with van der Waals surface area (Å²) in [5, 5.41) is 14.0. The topological polar surface area (TPSA) is 84.7 Å². The zero-order valence-electron chi connectivity index (χ0n) is 9.88. The molecule has 2 aromatic heterocycles. The molecule has 1 saturated heterocycles. The van der Waals surface area contributed by atoms with Gasteiger partial charge in [0.2, 0.25) is 0 Å². The van der Waals surface area contributed by atoms with Gasteiger partial charge in [0.25, 0.3) is 5.91 Å². The third-order valence-corrected chi connectivity index (χ3v) is 3.07. The fourth-order valence-electron chi connectivity index (χ4n) is 1.70. The fraction of sp³-hybridized carbons (Fsp3) is 0.273. The van der Waals surface area contributed by atoms with Crippen molar-refractivity contribution in [3.63, 3.8) is 0 Å². The van der Waals surface area contributed by atoms with Gasteiger partial charge in [-0.25, -0.2) is 9.67 Å². The quantitative estimate of drug-likeness (QED) is 0.808. The molecule has 0 bridgehead atoms. The van der Waals surface area contributed by atoms with Gasteiger partial charge in [0, 0.05) is 25.0 Å². The minimum Gasteiger partial charge on any atom is -0.320 e. The van der Waals surface area contributed by atoms with E-state index in [1.54, 1.807) is 23.0 Å². The molecule has 3 rings (SSSR count). The summed E-state index contributed by atoms with van der Waals surface area (Å²) in [6, 6.07) is 3.51. The molecule has 0 aliphatic carbocycles. The van der Waals surface area contributed by atoms with Gasteiger partial charge in [0.05, 0.1) is 12.2 Å². The lowest BCUT2D eigenvalue weighted by Gasteiger charge is -2.26. The van der Waals surface area contributed by atoms with Crippen LogP contribution in [-0.4, -0.2) is 39.0 Å². The van der Waals surface area contributed by atoms with Gasteiger partial charge in [-0.05, 0) is 12.1 Å². The van der Waals surface area contributed by atoms with Crippen LogP contribution in [0.15, 0.2) is 24.5 Å². The largest absolute Gasteiger partial charge is 0.320 e. The van der Waals surface area contributed by atoms with Gasteiger partial charge in [0.15, 0.2) is 5.69 Å². The van der Waals surface area contributed by atoms with Crippen LogP contribution in [0.2, 0.25) is 5.15 Å². The standard InChI is InChI=1S/C11H11ClN6O/c12-10-3-7(1-2-14-10)15-11(19)9-6-18(17-16-9)8-4-13-5-8/h1-3,6,8,13H,4-5H2,(H,14,15,19). The van der Waals surface area contributed by atoms with Crippen LogP contribution >= 0.6 is 11.6 Å². The van der Waals surface area contributed by atoms with Crippen molar-refractivity contribution in [3.8, 4) is 0 Å². The van der Waals surface area contributed by atoms with Crippen LogP contribution in [0.1, 0.15) is 16.5 Å². The molecule has 2 N–H and O–H groups in total. The maximum absolute atomic E-state index is 12.0. The summed E-state index contributed by atoms with van der Waals surface area (Å²) < 4.78 is 1.70. The minimum absolute atomic E-state index is 0.278. The van der Waals surface area contributed by atoms with Crippen LogP contribution in [0.4, 0.5) is 5.69 Å². The Hall–Kier alpha value is -1.99. The maximum atomic E-state index is 12.0. The van der Waals surface area contributed by atoms with E-state index in [0.717, 1.165) is 13.1 Å². The van der Waals surface area contributed by atoms with Gasteiger partial charge in [-0.15, -0.1) is 5.10 Å². The van der Waals surface area contributed by atoms with Crippen molar-refractivity contribution >= 4 is 23.2 Å². The van der Waals surface area contributed by atoms with E-state index >= 15 is 0 Å². The lowest BCUT2D eigenvalue weighted by Crippen LogP contribution is -2.43. The minimum atomic E-state index is -0.319. The van der Waals surface area contributed by atoms with Crippen molar-refractivity contribution < 1.29 is 4.79 Å². The number of hydrogen-bond donors (Lipinski definition) is 2. The number of pyridine rings is 1. The number of anilines is 1. The monoisotopic (exact) mass is 278 g/mol. The summed E-state index contributed by atoms with van der Waals surface area (Å²) in [5.41, 5.74) is 0.852. The lowest BCUT2D eigenvalue weighted by molar-refractivity contribution is 0.102. The molecule has 0 atom stereocenters. The highest BCUT2D eigenvalue weighted by atomic mass is 35.5. The van der Waals surface area contributed by atoms with E-state index in [0.29, 0.717) is 10.8 Å². The summed E-state index contributed by atoms with van der Waals surface area (Å²) in [5.74, 6) is -0.319. The molecule has 0 unspecified atom stereocenters. The number of aromatic nitrogens is 4. The van der Waals surface area contributed by atoms with Crippen LogP contribution in [0.25, 0.3) is 0 Å². The smallest absolute Gasteiger partial charge is 0.277 e. The molecule has 1 amide bonds. The Morgan fingerprint density at radius 1 is 1.53 bits per heavy atom. The number of halogens is 1. The molecule has 3 heterocycles. The third-order valence-electron chi connectivity index (χ3n) is 2.86. The molecular weight excluding hydrogens is 268 g/mol. The molecule has 1 fully saturated rings. The Labute approximate surface area is 114 Å². The second kappa shape index (κ2) is 4.94. The molecule has 0 saturated carbocycles. The zero-order chi connectivity index (χ0) is 13.2. The number of carbonyl (C=O) groups excluding carboxylic acids is 1. The summed E-state index contributed by atoms with van der Waals surface area (Å²) in [7, 11) is 0. The van der Waals surface area contributed by atoms with Crippen LogP contribution in [0.5, 0.6) is 0 Å². The molecule has 8 heteroatoms. The first-order valence-corrected chi connectivity index (χ1v) is 6.15. The molecule has 98 valence electrons. The van der Waals surface area contributed by atoms with Crippen LogP contribution < -0.4 is 10.6 Å². The first kappa shape index (κ1) is 12.1. The van der Waals surface area contributed by atoms with E-state index in [-0.39, 0.29) is 17.6 Å². The van der Waals surface area contributed by atoms with Gasteiger partial charge < -0.3 is 10.6 Å².